The molecule has 1 aromatic carbocycles. The first kappa shape index (κ1) is 15.8. The monoisotopic (exact) mass is 323 g/mol. The minimum absolute atomic E-state index is 0.101. The van der Waals surface area contributed by atoms with E-state index in [1.807, 2.05) is 0 Å². The zero-order chi connectivity index (χ0) is 16.3. The van der Waals surface area contributed by atoms with Crippen LogP contribution >= 0.6 is 11.6 Å². The van der Waals surface area contributed by atoms with Crippen LogP contribution in [0.3, 0.4) is 0 Å². The molecule has 0 aliphatic carbocycles. The molecule has 0 fully saturated rings. The summed E-state index contributed by atoms with van der Waals surface area (Å²) in [4.78, 5) is 23.9. The number of para-hydroxylation sites is 1. The minimum Gasteiger partial charge on any atom is -0.449 e. The number of rotatable bonds is 4. The molecule has 2 rings (SSSR count). The van der Waals surface area contributed by atoms with Crippen LogP contribution < -0.4 is 11.1 Å². The summed E-state index contributed by atoms with van der Waals surface area (Å²) in [6.07, 6.45) is -1.04. The summed E-state index contributed by atoms with van der Waals surface area (Å²) in [6.45, 7) is 3.12. The number of amides is 1. The number of benzene rings is 1. The van der Waals surface area contributed by atoms with Crippen LogP contribution in [-0.2, 0) is 9.53 Å². The first-order valence-corrected chi connectivity index (χ1v) is 6.75. The van der Waals surface area contributed by atoms with E-state index in [0.717, 1.165) is 0 Å². The van der Waals surface area contributed by atoms with Gasteiger partial charge in [0.2, 0.25) is 0 Å². The lowest BCUT2D eigenvalue weighted by atomic mass is 10.2. The van der Waals surface area contributed by atoms with Crippen LogP contribution in [0.1, 0.15) is 23.0 Å². The molecule has 1 aromatic heterocycles. The topological polar surface area (TPSA) is 107 Å². The fourth-order valence-corrected chi connectivity index (χ4v) is 1.82. The van der Waals surface area contributed by atoms with Crippen LogP contribution in [-0.4, -0.2) is 23.1 Å². The normalized spacial score (nSPS) is 11.8. The maximum absolute atomic E-state index is 12.0. The Labute approximate surface area is 131 Å². The van der Waals surface area contributed by atoms with E-state index in [0.29, 0.717) is 5.76 Å². The average molecular weight is 324 g/mol. The van der Waals surface area contributed by atoms with Gasteiger partial charge in [-0.1, -0.05) is 22.8 Å². The van der Waals surface area contributed by atoms with Crippen molar-refractivity contribution in [3.05, 3.63) is 40.6 Å². The van der Waals surface area contributed by atoms with E-state index in [1.165, 1.54) is 13.0 Å². The van der Waals surface area contributed by atoms with Crippen molar-refractivity contribution in [2.24, 2.45) is 0 Å². The molecule has 0 saturated carbocycles. The van der Waals surface area contributed by atoms with Crippen LogP contribution in [0.4, 0.5) is 11.5 Å². The van der Waals surface area contributed by atoms with Crippen molar-refractivity contribution in [2.45, 2.75) is 20.0 Å². The van der Waals surface area contributed by atoms with Crippen LogP contribution in [0.15, 0.2) is 28.8 Å². The van der Waals surface area contributed by atoms with Crippen molar-refractivity contribution in [2.75, 3.05) is 11.1 Å². The number of ether oxygens (including phenoxy) is 1. The summed E-state index contributed by atoms with van der Waals surface area (Å²) in [5.74, 6) is -0.486. The standard InChI is InChI=1S/C14H14ClN3O4/c1-7-6-11(18-22-7)17-13(19)8(2)21-14(20)9-4-3-5-10(15)12(9)16/h3-6,8H,16H2,1-2H3,(H,17,18,19). The van der Waals surface area contributed by atoms with Crippen molar-refractivity contribution in [1.29, 1.82) is 0 Å². The van der Waals surface area contributed by atoms with Gasteiger partial charge in [0, 0.05) is 6.07 Å². The van der Waals surface area contributed by atoms with Gasteiger partial charge in [0.15, 0.2) is 11.9 Å². The highest BCUT2D eigenvalue weighted by Crippen LogP contribution is 2.23. The summed E-state index contributed by atoms with van der Waals surface area (Å²) in [7, 11) is 0. The Kier molecular flexibility index (Phi) is 4.67. The lowest BCUT2D eigenvalue weighted by molar-refractivity contribution is -0.123. The predicted molar refractivity (Wildman–Crippen MR) is 80.6 cm³/mol. The fourth-order valence-electron chi connectivity index (χ4n) is 1.65. The van der Waals surface area contributed by atoms with E-state index >= 15 is 0 Å². The lowest BCUT2D eigenvalue weighted by Crippen LogP contribution is -2.30. The number of hydrogen-bond acceptors (Lipinski definition) is 6. The maximum atomic E-state index is 12.0. The maximum Gasteiger partial charge on any atom is 0.341 e. The molecule has 1 unspecified atom stereocenters. The summed E-state index contributed by atoms with van der Waals surface area (Å²) < 4.78 is 9.89. The average Bonchev–Trinajstić information content (AvgIpc) is 2.86. The smallest absolute Gasteiger partial charge is 0.341 e. The quantitative estimate of drug-likeness (QED) is 0.660. The highest BCUT2D eigenvalue weighted by Gasteiger charge is 2.21. The van der Waals surface area contributed by atoms with Gasteiger partial charge in [0.05, 0.1) is 16.3 Å². The number of nitrogens with zero attached hydrogens (tertiary/aromatic N) is 1. The Bertz CT molecular complexity index is 714. The molecule has 0 aliphatic heterocycles. The molecule has 1 amide bonds. The third kappa shape index (κ3) is 3.56. The fraction of sp³-hybridized carbons (Fsp3) is 0.214. The van der Waals surface area contributed by atoms with E-state index in [9.17, 15) is 9.59 Å². The summed E-state index contributed by atoms with van der Waals surface area (Å²) >= 11 is 5.84. The second-order valence-corrected chi connectivity index (χ2v) is 4.97. The van der Waals surface area contributed by atoms with Gasteiger partial charge < -0.3 is 20.3 Å². The highest BCUT2D eigenvalue weighted by molar-refractivity contribution is 6.33. The number of carbonyl (C=O) groups excluding carboxylic acids is 2. The number of nitrogens with one attached hydrogen (secondary N) is 1. The number of nitrogens with two attached hydrogens (primary N) is 1. The Morgan fingerprint density at radius 2 is 2.18 bits per heavy atom. The first-order valence-electron chi connectivity index (χ1n) is 6.37. The minimum atomic E-state index is -1.04. The van der Waals surface area contributed by atoms with Gasteiger partial charge in [-0.15, -0.1) is 0 Å². The zero-order valence-electron chi connectivity index (χ0n) is 11.9. The summed E-state index contributed by atoms with van der Waals surface area (Å²) in [5, 5.41) is 6.32. The van der Waals surface area contributed by atoms with Crippen molar-refractivity contribution in [3.63, 3.8) is 0 Å². The second-order valence-electron chi connectivity index (χ2n) is 4.56. The van der Waals surface area contributed by atoms with E-state index in [1.54, 1.807) is 25.1 Å². The van der Waals surface area contributed by atoms with Gasteiger partial charge >= 0.3 is 5.97 Å². The number of anilines is 2. The summed E-state index contributed by atoms with van der Waals surface area (Å²) in [5.41, 5.74) is 5.91. The lowest BCUT2D eigenvalue weighted by Gasteiger charge is -2.13. The Hall–Kier alpha value is -2.54. The molecule has 0 saturated heterocycles. The van der Waals surface area contributed by atoms with Crippen molar-refractivity contribution in [3.8, 4) is 0 Å². The van der Waals surface area contributed by atoms with Gasteiger partial charge in [-0.25, -0.2) is 4.79 Å². The van der Waals surface area contributed by atoms with Gasteiger partial charge in [-0.3, -0.25) is 4.79 Å². The molecular weight excluding hydrogens is 310 g/mol. The Morgan fingerprint density at radius 1 is 1.45 bits per heavy atom. The number of aromatic nitrogens is 1. The molecule has 3 N–H and O–H groups in total. The van der Waals surface area contributed by atoms with Crippen LogP contribution in [0.2, 0.25) is 5.02 Å². The van der Waals surface area contributed by atoms with Gasteiger partial charge in [0.25, 0.3) is 5.91 Å². The zero-order valence-corrected chi connectivity index (χ0v) is 12.7. The van der Waals surface area contributed by atoms with Gasteiger partial charge in [-0.05, 0) is 26.0 Å². The molecule has 0 bridgehead atoms. The molecule has 8 heteroatoms. The molecule has 7 nitrogen and oxygen atoms in total. The van der Waals surface area contributed by atoms with Gasteiger partial charge in [-0.2, -0.15) is 0 Å². The van der Waals surface area contributed by atoms with Crippen molar-refractivity contribution >= 4 is 35.0 Å². The molecule has 2 aromatic rings. The molecular formula is C14H14ClN3O4. The number of carbonyl (C=O) groups is 2. The van der Waals surface area contributed by atoms with Crippen molar-refractivity contribution < 1.29 is 18.8 Å². The number of esters is 1. The number of halogens is 1. The summed E-state index contributed by atoms with van der Waals surface area (Å²) in [6, 6.07) is 6.13. The molecule has 0 spiro atoms. The van der Waals surface area contributed by atoms with E-state index < -0.39 is 18.0 Å². The van der Waals surface area contributed by atoms with E-state index in [4.69, 9.17) is 26.6 Å². The molecule has 1 atom stereocenters. The van der Waals surface area contributed by atoms with Crippen LogP contribution in [0, 0.1) is 6.92 Å². The van der Waals surface area contributed by atoms with E-state index in [-0.39, 0.29) is 22.1 Å². The second kappa shape index (κ2) is 6.48. The molecule has 0 aliphatic rings. The third-order valence-electron chi connectivity index (χ3n) is 2.81. The number of nitrogen functional groups attached to an aromatic ring is 1. The Balaban J connectivity index is 2.01. The molecule has 116 valence electrons. The third-order valence-corrected chi connectivity index (χ3v) is 3.13. The number of hydrogen-bond donors (Lipinski definition) is 2. The number of aryl methyl sites for hydroxylation is 1. The van der Waals surface area contributed by atoms with Crippen LogP contribution in [0.5, 0.6) is 0 Å². The largest absolute Gasteiger partial charge is 0.449 e. The molecule has 1 heterocycles. The van der Waals surface area contributed by atoms with E-state index in [2.05, 4.69) is 10.5 Å². The SMILES string of the molecule is Cc1cc(NC(=O)C(C)OC(=O)c2cccc(Cl)c2N)no1. The van der Waals surface area contributed by atoms with Gasteiger partial charge in [0.1, 0.15) is 5.76 Å². The van der Waals surface area contributed by atoms with Crippen molar-refractivity contribution in [1.82, 2.24) is 5.16 Å². The molecule has 0 radical (unpaired) electrons. The first-order chi connectivity index (χ1) is 10.4. The Morgan fingerprint density at radius 3 is 2.82 bits per heavy atom. The van der Waals surface area contributed by atoms with Crippen LogP contribution in [0.25, 0.3) is 0 Å². The highest BCUT2D eigenvalue weighted by atomic mass is 35.5. The predicted octanol–water partition coefficient (Wildman–Crippen LogP) is 2.40. The molecule has 22 heavy (non-hydrogen) atoms.